The van der Waals surface area contributed by atoms with E-state index in [4.69, 9.17) is 16.3 Å². The second-order valence-corrected chi connectivity index (χ2v) is 5.04. The summed E-state index contributed by atoms with van der Waals surface area (Å²) < 4.78 is 5.47. The minimum atomic E-state index is -0.170. The Morgan fingerprint density at radius 2 is 2.19 bits per heavy atom. The van der Waals surface area contributed by atoms with E-state index in [0.717, 1.165) is 45.3 Å². The van der Waals surface area contributed by atoms with Gasteiger partial charge in [-0.1, -0.05) is 0 Å². The molecular formula is C12H20ClNO2. The summed E-state index contributed by atoms with van der Waals surface area (Å²) in [7, 11) is 0. The molecule has 0 bridgehead atoms. The first-order chi connectivity index (χ1) is 7.83. The average molecular weight is 246 g/mol. The van der Waals surface area contributed by atoms with E-state index >= 15 is 0 Å². The van der Waals surface area contributed by atoms with Crippen molar-refractivity contribution in [2.45, 2.75) is 50.7 Å². The smallest absolute Gasteiger partial charge is 0.251 e. The van der Waals surface area contributed by atoms with Crippen molar-refractivity contribution in [3.63, 3.8) is 0 Å². The van der Waals surface area contributed by atoms with E-state index in [1.54, 1.807) is 0 Å². The highest BCUT2D eigenvalue weighted by molar-refractivity contribution is 6.17. The molecule has 0 saturated carbocycles. The van der Waals surface area contributed by atoms with Crippen LogP contribution in [0.2, 0.25) is 0 Å². The summed E-state index contributed by atoms with van der Waals surface area (Å²) in [6.45, 7) is 1.63. The van der Waals surface area contributed by atoms with E-state index in [1.165, 1.54) is 6.42 Å². The molecule has 0 N–H and O–H groups in total. The first-order valence-corrected chi connectivity index (χ1v) is 6.84. The quantitative estimate of drug-likeness (QED) is 0.714. The van der Waals surface area contributed by atoms with Crippen LogP contribution in [0.3, 0.4) is 0 Å². The fraction of sp³-hybridized carbons (Fsp3) is 0.917. The van der Waals surface area contributed by atoms with Crippen molar-refractivity contribution in [3.05, 3.63) is 0 Å². The van der Waals surface area contributed by atoms with Crippen LogP contribution in [0.25, 0.3) is 0 Å². The standard InChI is InChI=1S/C12H20ClNO2/c13-7-6-10-4-1-2-8-14(10)12(15)11-5-3-9-16-11/h10-11H,1-9H2. The Hall–Kier alpha value is -0.280. The van der Waals surface area contributed by atoms with Crippen molar-refractivity contribution in [2.24, 2.45) is 0 Å². The van der Waals surface area contributed by atoms with Crippen LogP contribution in [0.15, 0.2) is 0 Å². The number of hydrogen-bond donors (Lipinski definition) is 0. The molecular weight excluding hydrogens is 226 g/mol. The Bertz CT molecular complexity index is 239. The van der Waals surface area contributed by atoms with E-state index < -0.39 is 0 Å². The SMILES string of the molecule is O=C(C1CCCO1)N1CCCCC1CCCl. The molecule has 2 saturated heterocycles. The minimum Gasteiger partial charge on any atom is -0.368 e. The summed E-state index contributed by atoms with van der Waals surface area (Å²) in [5.41, 5.74) is 0. The third-order valence-corrected chi connectivity index (χ3v) is 3.78. The summed E-state index contributed by atoms with van der Waals surface area (Å²) in [5.74, 6) is 0.840. The van der Waals surface area contributed by atoms with Crippen LogP contribution in [0.1, 0.15) is 38.5 Å². The fourth-order valence-electron chi connectivity index (χ4n) is 2.67. The molecule has 16 heavy (non-hydrogen) atoms. The van der Waals surface area contributed by atoms with Crippen LogP contribution >= 0.6 is 11.6 Å². The maximum absolute atomic E-state index is 12.2. The summed E-state index contributed by atoms with van der Waals surface area (Å²) in [5, 5.41) is 0. The maximum atomic E-state index is 12.2. The van der Waals surface area contributed by atoms with Gasteiger partial charge in [-0.2, -0.15) is 0 Å². The van der Waals surface area contributed by atoms with Crippen LogP contribution in [0.4, 0.5) is 0 Å². The highest BCUT2D eigenvalue weighted by Gasteiger charge is 2.33. The molecule has 4 heteroatoms. The van der Waals surface area contributed by atoms with Crippen molar-refractivity contribution in [3.8, 4) is 0 Å². The normalized spacial score (nSPS) is 30.7. The highest BCUT2D eigenvalue weighted by atomic mass is 35.5. The van der Waals surface area contributed by atoms with Gasteiger partial charge in [-0.05, 0) is 38.5 Å². The lowest BCUT2D eigenvalue weighted by molar-refractivity contribution is -0.144. The predicted molar refractivity (Wildman–Crippen MR) is 63.7 cm³/mol. The zero-order chi connectivity index (χ0) is 11.4. The Morgan fingerprint density at radius 1 is 1.31 bits per heavy atom. The molecule has 0 aromatic carbocycles. The van der Waals surface area contributed by atoms with E-state index in [-0.39, 0.29) is 12.0 Å². The molecule has 2 atom stereocenters. The number of carbonyl (C=O) groups is 1. The number of piperidine rings is 1. The molecule has 2 aliphatic rings. The molecule has 92 valence electrons. The first-order valence-electron chi connectivity index (χ1n) is 6.31. The van der Waals surface area contributed by atoms with Gasteiger partial charge in [0.15, 0.2) is 0 Å². The van der Waals surface area contributed by atoms with Crippen molar-refractivity contribution in [1.82, 2.24) is 4.90 Å². The predicted octanol–water partition coefficient (Wildman–Crippen LogP) is 2.18. The molecule has 2 fully saturated rings. The van der Waals surface area contributed by atoms with Gasteiger partial charge in [-0.25, -0.2) is 0 Å². The average Bonchev–Trinajstić information content (AvgIpc) is 2.83. The Morgan fingerprint density at radius 3 is 2.88 bits per heavy atom. The van der Waals surface area contributed by atoms with Gasteiger partial charge in [0.25, 0.3) is 5.91 Å². The lowest BCUT2D eigenvalue weighted by atomic mass is 9.99. The van der Waals surface area contributed by atoms with Crippen LogP contribution in [0.5, 0.6) is 0 Å². The molecule has 0 aliphatic carbocycles. The summed E-state index contributed by atoms with van der Waals surface area (Å²) in [6.07, 6.45) is 6.10. The molecule has 2 rings (SSSR count). The van der Waals surface area contributed by atoms with Gasteiger partial charge >= 0.3 is 0 Å². The number of rotatable bonds is 3. The fourth-order valence-corrected chi connectivity index (χ4v) is 2.93. The van der Waals surface area contributed by atoms with Crippen LogP contribution in [-0.4, -0.2) is 42.0 Å². The van der Waals surface area contributed by atoms with Crippen LogP contribution < -0.4 is 0 Å². The molecule has 2 aliphatic heterocycles. The molecule has 0 aromatic rings. The van der Waals surface area contributed by atoms with Gasteiger partial charge in [-0.15, -0.1) is 11.6 Å². The molecule has 0 aromatic heterocycles. The van der Waals surface area contributed by atoms with E-state index in [1.807, 2.05) is 4.90 Å². The molecule has 0 radical (unpaired) electrons. The number of nitrogens with zero attached hydrogens (tertiary/aromatic N) is 1. The van der Waals surface area contributed by atoms with Gasteiger partial charge in [0, 0.05) is 25.1 Å². The molecule has 2 unspecified atom stereocenters. The second kappa shape index (κ2) is 5.87. The lowest BCUT2D eigenvalue weighted by Crippen LogP contribution is -2.48. The van der Waals surface area contributed by atoms with E-state index in [0.29, 0.717) is 11.9 Å². The third kappa shape index (κ3) is 2.69. The van der Waals surface area contributed by atoms with Crippen molar-refractivity contribution in [2.75, 3.05) is 19.0 Å². The third-order valence-electron chi connectivity index (χ3n) is 3.56. The van der Waals surface area contributed by atoms with Gasteiger partial charge in [0.05, 0.1) is 0 Å². The Kier molecular flexibility index (Phi) is 4.47. The monoisotopic (exact) mass is 245 g/mol. The van der Waals surface area contributed by atoms with E-state index in [2.05, 4.69) is 0 Å². The highest BCUT2D eigenvalue weighted by Crippen LogP contribution is 2.24. The maximum Gasteiger partial charge on any atom is 0.251 e. The number of hydrogen-bond acceptors (Lipinski definition) is 2. The number of likely N-dealkylation sites (tertiary alicyclic amines) is 1. The number of amides is 1. The number of carbonyl (C=O) groups excluding carboxylic acids is 1. The number of alkyl halides is 1. The van der Waals surface area contributed by atoms with Gasteiger partial charge < -0.3 is 9.64 Å². The van der Waals surface area contributed by atoms with Crippen molar-refractivity contribution < 1.29 is 9.53 Å². The number of ether oxygens (including phenoxy) is 1. The number of halogens is 1. The molecule has 3 nitrogen and oxygen atoms in total. The zero-order valence-electron chi connectivity index (χ0n) is 9.66. The topological polar surface area (TPSA) is 29.5 Å². The molecule has 1 amide bonds. The van der Waals surface area contributed by atoms with Crippen LogP contribution in [-0.2, 0) is 9.53 Å². The van der Waals surface area contributed by atoms with Gasteiger partial charge in [0.1, 0.15) is 6.10 Å². The Labute approximate surface area is 102 Å². The van der Waals surface area contributed by atoms with Crippen molar-refractivity contribution >= 4 is 17.5 Å². The largest absolute Gasteiger partial charge is 0.368 e. The summed E-state index contributed by atoms with van der Waals surface area (Å²) in [6, 6.07) is 0.350. The summed E-state index contributed by atoms with van der Waals surface area (Å²) >= 11 is 5.80. The second-order valence-electron chi connectivity index (χ2n) is 4.66. The van der Waals surface area contributed by atoms with Gasteiger partial charge in [-0.3, -0.25) is 4.79 Å². The molecule has 2 heterocycles. The molecule has 0 spiro atoms. The van der Waals surface area contributed by atoms with Gasteiger partial charge in [0.2, 0.25) is 0 Å². The lowest BCUT2D eigenvalue weighted by Gasteiger charge is -2.36. The zero-order valence-corrected chi connectivity index (χ0v) is 10.4. The first kappa shape index (κ1) is 12.2. The minimum absolute atomic E-state index is 0.170. The van der Waals surface area contributed by atoms with Crippen molar-refractivity contribution in [1.29, 1.82) is 0 Å². The Balaban J connectivity index is 1.95. The van der Waals surface area contributed by atoms with E-state index in [9.17, 15) is 4.79 Å². The summed E-state index contributed by atoms with van der Waals surface area (Å²) in [4.78, 5) is 14.3. The van der Waals surface area contributed by atoms with Crippen LogP contribution in [0, 0.1) is 0 Å².